The van der Waals surface area contributed by atoms with Crippen LogP contribution in [0.3, 0.4) is 0 Å². The molecule has 0 saturated carbocycles. The molecule has 94 valence electrons. The molecule has 0 radical (unpaired) electrons. The number of nitrogens with zero attached hydrogens (tertiary/aromatic N) is 2. The zero-order valence-electron chi connectivity index (χ0n) is 10.6. The smallest absolute Gasteiger partial charge is 0.227 e. The Morgan fingerprint density at radius 1 is 1.25 bits per heavy atom. The van der Waals surface area contributed by atoms with Gasteiger partial charge >= 0.3 is 0 Å². The maximum Gasteiger partial charge on any atom is 0.227 e. The molecule has 0 aromatic rings. The number of hydrogen-bond donors (Lipinski definition) is 1. The highest BCUT2D eigenvalue weighted by Crippen LogP contribution is 2.23. The zero-order chi connectivity index (χ0) is 12.1. The van der Waals surface area contributed by atoms with Crippen molar-refractivity contribution in [3.63, 3.8) is 0 Å². The second-order valence-corrected chi connectivity index (χ2v) is 4.59. The maximum atomic E-state index is 11.9. The molecule has 2 fully saturated rings. The van der Waals surface area contributed by atoms with Crippen LogP contribution in [0.1, 0.15) is 33.6 Å². The molecule has 2 atom stereocenters. The predicted octanol–water partition coefficient (Wildman–Crippen LogP) is 1.59. The van der Waals surface area contributed by atoms with Crippen molar-refractivity contribution in [3.8, 4) is 0 Å². The van der Waals surface area contributed by atoms with E-state index in [4.69, 9.17) is 0 Å². The van der Waals surface area contributed by atoms with Crippen molar-refractivity contribution in [1.82, 2.24) is 9.96 Å². The molecular weight excluding hydrogens is 204 g/mol. The van der Waals surface area contributed by atoms with Gasteiger partial charge in [0, 0.05) is 26.2 Å². The molecule has 2 unspecified atom stereocenters. The van der Waals surface area contributed by atoms with Crippen molar-refractivity contribution < 1.29 is 10.0 Å². The molecule has 0 aromatic heterocycles. The highest BCUT2D eigenvalue weighted by Gasteiger charge is 2.33. The summed E-state index contributed by atoms with van der Waals surface area (Å²) in [5, 5.41) is 10.7. The van der Waals surface area contributed by atoms with E-state index in [-0.39, 0.29) is 11.8 Å². The third-order valence-electron chi connectivity index (χ3n) is 3.16. The molecule has 1 N–H and O–H groups in total. The number of hydroxylamine groups is 2. The van der Waals surface area contributed by atoms with E-state index in [9.17, 15) is 10.0 Å². The summed E-state index contributed by atoms with van der Waals surface area (Å²) in [5.74, 6) is 0.676. The van der Waals surface area contributed by atoms with Gasteiger partial charge in [0.15, 0.2) is 0 Å². The number of likely N-dealkylation sites (tertiary alicyclic amines) is 1. The highest BCUT2D eigenvalue weighted by molar-refractivity contribution is 5.79. The summed E-state index contributed by atoms with van der Waals surface area (Å²) in [5.41, 5.74) is 0. The lowest BCUT2D eigenvalue weighted by molar-refractivity contribution is -0.159. The van der Waals surface area contributed by atoms with Crippen LogP contribution in [0, 0.1) is 11.8 Å². The van der Waals surface area contributed by atoms with Gasteiger partial charge < -0.3 is 10.1 Å². The van der Waals surface area contributed by atoms with Crippen LogP contribution in [0.15, 0.2) is 0 Å². The van der Waals surface area contributed by atoms with Gasteiger partial charge in [-0.2, -0.15) is 5.06 Å². The van der Waals surface area contributed by atoms with Gasteiger partial charge in [-0.1, -0.05) is 20.8 Å². The van der Waals surface area contributed by atoms with E-state index in [0.717, 1.165) is 25.9 Å². The first-order valence-corrected chi connectivity index (χ1v) is 6.39. The van der Waals surface area contributed by atoms with Crippen LogP contribution in [0.4, 0.5) is 0 Å². The Hall–Kier alpha value is -0.610. The Bertz CT molecular complexity index is 219. The van der Waals surface area contributed by atoms with E-state index in [2.05, 4.69) is 6.92 Å². The maximum absolute atomic E-state index is 11.9. The van der Waals surface area contributed by atoms with Crippen LogP contribution in [-0.4, -0.2) is 47.3 Å². The van der Waals surface area contributed by atoms with Gasteiger partial charge in [0.25, 0.3) is 0 Å². The van der Waals surface area contributed by atoms with Crippen LogP contribution in [0.5, 0.6) is 0 Å². The summed E-state index contributed by atoms with van der Waals surface area (Å²) in [6, 6.07) is 0. The minimum absolute atomic E-state index is 0.0176. The lowest BCUT2D eigenvalue weighted by Gasteiger charge is -2.38. The minimum Gasteiger partial charge on any atom is -0.342 e. The second kappa shape index (κ2) is 6.21. The van der Waals surface area contributed by atoms with Crippen molar-refractivity contribution in [2.75, 3.05) is 26.2 Å². The molecule has 4 nitrogen and oxygen atoms in total. The topological polar surface area (TPSA) is 43.8 Å². The number of amides is 1. The van der Waals surface area contributed by atoms with Crippen molar-refractivity contribution >= 4 is 5.91 Å². The van der Waals surface area contributed by atoms with Crippen molar-refractivity contribution in [2.45, 2.75) is 33.6 Å². The van der Waals surface area contributed by atoms with E-state index >= 15 is 0 Å². The molecule has 2 saturated heterocycles. The Kier molecular flexibility index (Phi) is 5.22. The highest BCUT2D eigenvalue weighted by atomic mass is 16.5. The van der Waals surface area contributed by atoms with Crippen molar-refractivity contribution in [1.29, 1.82) is 0 Å². The van der Waals surface area contributed by atoms with E-state index in [1.807, 2.05) is 18.7 Å². The number of piperidine rings is 1. The summed E-state index contributed by atoms with van der Waals surface area (Å²) in [7, 11) is 0. The lowest BCUT2D eigenvalue weighted by Crippen LogP contribution is -2.50. The fourth-order valence-electron chi connectivity index (χ4n) is 2.30. The molecule has 2 rings (SSSR count). The second-order valence-electron chi connectivity index (χ2n) is 4.59. The van der Waals surface area contributed by atoms with E-state index in [1.54, 1.807) is 0 Å². The zero-order valence-corrected chi connectivity index (χ0v) is 10.6. The first kappa shape index (κ1) is 13.5. The van der Waals surface area contributed by atoms with Crippen LogP contribution in [-0.2, 0) is 4.79 Å². The van der Waals surface area contributed by atoms with Gasteiger partial charge in [0.05, 0.1) is 5.92 Å². The fourth-order valence-corrected chi connectivity index (χ4v) is 2.30. The molecule has 2 aliphatic heterocycles. The van der Waals surface area contributed by atoms with Crippen LogP contribution in [0.2, 0.25) is 0 Å². The molecule has 2 aliphatic rings. The number of rotatable bonds is 1. The average molecular weight is 228 g/mol. The van der Waals surface area contributed by atoms with Crippen molar-refractivity contribution in [3.05, 3.63) is 0 Å². The SMILES string of the molecule is CC.CC1CC(C(=O)N2CCC2)CN(O)C1. The summed E-state index contributed by atoms with van der Waals surface area (Å²) < 4.78 is 0. The van der Waals surface area contributed by atoms with Gasteiger partial charge in [0.1, 0.15) is 0 Å². The fraction of sp³-hybridized carbons (Fsp3) is 0.917. The molecule has 16 heavy (non-hydrogen) atoms. The molecule has 1 amide bonds. The Morgan fingerprint density at radius 3 is 2.31 bits per heavy atom. The average Bonchev–Trinajstić information content (AvgIpc) is 2.16. The summed E-state index contributed by atoms with van der Waals surface area (Å²) in [6.07, 6.45) is 2.06. The summed E-state index contributed by atoms with van der Waals surface area (Å²) >= 11 is 0. The summed E-state index contributed by atoms with van der Waals surface area (Å²) in [6.45, 7) is 9.12. The third kappa shape index (κ3) is 3.19. The van der Waals surface area contributed by atoms with Gasteiger partial charge in [0.2, 0.25) is 5.91 Å². The molecule has 0 spiro atoms. The van der Waals surface area contributed by atoms with Crippen LogP contribution in [0.25, 0.3) is 0 Å². The largest absolute Gasteiger partial charge is 0.342 e. The Labute approximate surface area is 98.2 Å². The van der Waals surface area contributed by atoms with E-state index in [0.29, 0.717) is 19.0 Å². The van der Waals surface area contributed by atoms with Crippen LogP contribution < -0.4 is 0 Å². The molecular formula is C12H24N2O2. The van der Waals surface area contributed by atoms with Crippen molar-refractivity contribution in [2.24, 2.45) is 11.8 Å². The van der Waals surface area contributed by atoms with E-state index < -0.39 is 0 Å². The molecule has 2 heterocycles. The Morgan fingerprint density at radius 2 is 1.88 bits per heavy atom. The summed E-state index contributed by atoms with van der Waals surface area (Å²) in [4.78, 5) is 13.8. The first-order chi connectivity index (χ1) is 7.66. The minimum atomic E-state index is 0.0176. The quantitative estimate of drug-likeness (QED) is 0.741. The molecule has 0 aromatic carbocycles. The van der Waals surface area contributed by atoms with E-state index in [1.165, 1.54) is 5.06 Å². The van der Waals surface area contributed by atoms with Gasteiger partial charge in [-0.25, -0.2) is 0 Å². The lowest BCUT2D eigenvalue weighted by atomic mass is 9.90. The molecule has 0 aliphatic carbocycles. The first-order valence-electron chi connectivity index (χ1n) is 6.39. The number of carbonyl (C=O) groups is 1. The number of hydrogen-bond acceptors (Lipinski definition) is 3. The van der Waals surface area contributed by atoms with Gasteiger partial charge in [-0.3, -0.25) is 4.79 Å². The molecule has 4 heteroatoms. The monoisotopic (exact) mass is 228 g/mol. The van der Waals surface area contributed by atoms with Gasteiger partial charge in [-0.15, -0.1) is 0 Å². The predicted molar refractivity (Wildman–Crippen MR) is 63.2 cm³/mol. The standard InChI is InChI=1S/C10H18N2O2.C2H6/c1-8-5-9(7-12(14)6-8)10(13)11-3-2-4-11;1-2/h8-9,14H,2-7H2,1H3;1-2H3. The normalized spacial score (nSPS) is 30.1. The number of carbonyl (C=O) groups excluding carboxylic acids is 1. The molecule has 0 bridgehead atoms. The third-order valence-corrected chi connectivity index (χ3v) is 3.16. The Balaban J connectivity index is 0.000000606. The van der Waals surface area contributed by atoms with Crippen LogP contribution >= 0.6 is 0 Å². The van der Waals surface area contributed by atoms with Gasteiger partial charge in [-0.05, 0) is 18.8 Å².